The van der Waals surface area contributed by atoms with Gasteiger partial charge in [0, 0.05) is 51.0 Å². The molecule has 4 N–H and O–H groups in total. The van der Waals surface area contributed by atoms with Crippen molar-refractivity contribution in [2.45, 2.75) is 173 Å². The van der Waals surface area contributed by atoms with Crippen LogP contribution >= 0.6 is 0 Å². The molecule has 14 nitrogen and oxygen atoms in total. The summed E-state index contributed by atoms with van der Waals surface area (Å²) in [4.78, 5) is 58.1. The zero-order valence-electron chi connectivity index (χ0n) is 39.8. The second kappa shape index (κ2) is 23.7. The summed E-state index contributed by atoms with van der Waals surface area (Å²) >= 11 is 0. The molecule has 1 saturated carbocycles. The van der Waals surface area contributed by atoms with Gasteiger partial charge in [-0.05, 0) is 113 Å². The molecule has 15 unspecified atom stereocenters. The van der Waals surface area contributed by atoms with Gasteiger partial charge in [0.2, 0.25) is 5.79 Å². The lowest BCUT2D eigenvalue weighted by atomic mass is 9.81. The zero-order valence-corrected chi connectivity index (χ0v) is 39.8. The van der Waals surface area contributed by atoms with E-state index >= 15 is 0 Å². The predicted octanol–water partition coefficient (Wildman–Crippen LogP) is 5.85. The molecule has 2 bridgehead atoms. The number of amides is 1. The monoisotopic (exact) mass is 934 g/mol. The average molecular weight is 934 g/mol. The molecule has 4 aliphatic rings. The van der Waals surface area contributed by atoms with E-state index < -0.39 is 108 Å². The fourth-order valence-corrected chi connectivity index (χ4v) is 10.4. The van der Waals surface area contributed by atoms with Gasteiger partial charge in [0.15, 0.2) is 0 Å². The molecule has 1 aromatic carbocycles. The van der Waals surface area contributed by atoms with Crippen LogP contribution in [-0.2, 0) is 42.9 Å². The lowest BCUT2D eigenvalue weighted by Crippen LogP contribution is -2.64. The highest BCUT2D eigenvalue weighted by Crippen LogP contribution is 2.39. The summed E-state index contributed by atoms with van der Waals surface area (Å²) in [6.45, 7) is 10.6. The van der Waals surface area contributed by atoms with E-state index in [1.165, 1.54) is 14.2 Å². The fraction of sp³-hybridized carbons (Fsp3) is 0.720. The molecule has 1 amide bonds. The van der Waals surface area contributed by atoms with Crippen LogP contribution in [0.1, 0.15) is 124 Å². The molecular formula is C50H73F2NO13. The minimum atomic E-state index is -2.55. The number of hydrogen-bond donors (Lipinski definition) is 4. The highest BCUT2D eigenvalue weighted by molar-refractivity contribution is 6.39. The first kappa shape index (κ1) is 53.5. The zero-order chi connectivity index (χ0) is 48.6. The van der Waals surface area contributed by atoms with Gasteiger partial charge in [-0.1, -0.05) is 45.4 Å². The lowest BCUT2D eigenvalue weighted by Gasteiger charge is -2.47. The van der Waals surface area contributed by atoms with Crippen LogP contribution in [-0.4, -0.2) is 131 Å². The Morgan fingerprint density at radius 3 is 2.23 bits per heavy atom. The number of halogens is 2. The number of carbonyl (C=O) groups is 4. The second-order valence-electron chi connectivity index (χ2n) is 19.5. The van der Waals surface area contributed by atoms with E-state index in [0.717, 1.165) is 22.6 Å². The van der Waals surface area contributed by atoms with Gasteiger partial charge in [-0.25, -0.2) is 13.6 Å². The van der Waals surface area contributed by atoms with Crippen LogP contribution in [0.4, 0.5) is 8.78 Å². The highest BCUT2D eigenvalue weighted by atomic mass is 19.1. The molecule has 15 atom stereocenters. The topological polar surface area (TPSA) is 199 Å². The minimum absolute atomic E-state index is 0.00608. The van der Waals surface area contributed by atoms with Crippen LogP contribution < -0.4 is 0 Å². The molecule has 0 spiro atoms. The first-order valence-electron chi connectivity index (χ1n) is 23.7. The second-order valence-corrected chi connectivity index (χ2v) is 19.5. The van der Waals surface area contributed by atoms with Crippen molar-refractivity contribution < 1.29 is 72.1 Å². The first-order valence-corrected chi connectivity index (χ1v) is 23.7. The first-order chi connectivity index (χ1) is 31.2. The maximum absolute atomic E-state index is 14.4. The molecule has 0 aromatic heterocycles. The summed E-state index contributed by atoms with van der Waals surface area (Å²) in [6, 6.07) is 1.52. The van der Waals surface area contributed by atoms with Gasteiger partial charge < -0.3 is 49.0 Å². The molecule has 2 saturated heterocycles. The van der Waals surface area contributed by atoms with Crippen molar-refractivity contribution >= 4 is 23.4 Å². The Labute approximate surface area is 388 Å². The largest absolute Gasteiger partial charge is 0.456 e. The van der Waals surface area contributed by atoms with Crippen molar-refractivity contribution in [3.8, 4) is 0 Å². The fourth-order valence-electron chi connectivity index (χ4n) is 10.4. The molecule has 3 heterocycles. The number of nitrogens with zero attached hydrogens (tertiary/aromatic N) is 1. The van der Waals surface area contributed by atoms with Crippen molar-refractivity contribution in [1.29, 1.82) is 0 Å². The molecule has 16 heteroatoms. The third-order valence-corrected chi connectivity index (χ3v) is 14.3. The van der Waals surface area contributed by atoms with E-state index in [1.807, 2.05) is 32.9 Å². The summed E-state index contributed by atoms with van der Waals surface area (Å²) in [6.07, 6.45) is 0.0359. The number of methoxy groups -OCH3 is 2. The average Bonchev–Trinajstić information content (AvgIpc) is 3.27. The number of cyclic esters (lactones) is 1. The van der Waals surface area contributed by atoms with E-state index in [1.54, 1.807) is 20.8 Å². The van der Waals surface area contributed by atoms with E-state index in [2.05, 4.69) is 0 Å². The van der Waals surface area contributed by atoms with Crippen LogP contribution in [0.2, 0.25) is 0 Å². The van der Waals surface area contributed by atoms with Crippen molar-refractivity contribution in [3.05, 3.63) is 58.7 Å². The standard InChI is InChI=1S/C50H73F2NO13/c1-9-33-17-27(2)16-28(3)18-43(62-7)46-44(63-8)20-30(5)50(61,66-46)47(58)48(59)53-15-11-10-12-37(53)49(60)65-45(31(6)38(54)25-39(33)55)29(4)19-32-13-14-42(40(56)21-32)64-26-41(57)34-22-35(51)24-36(52)23-34/h17,19,22-24,28,30-33,37-38,40-46,54,56-57,61H,9-16,18,20-21,25-26H2,1-8H3. The number of aliphatic hydroxyl groups excluding tert-OH is 3. The van der Waals surface area contributed by atoms with Crippen LogP contribution in [0.3, 0.4) is 0 Å². The van der Waals surface area contributed by atoms with Crippen molar-refractivity contribution in [2.75, 3.05) is 27.4 Å². The summed E-state index contributed by atoms with van der Waals surface area (Å²) in [5.74, 6) is -9.98. The van der Waals surface area contributed by atoms with E-state index in [-0.39, 0.29) is 62.0 Å². The quantitative estimate of drug-likeness (QED) is 0.131. The molecule has 5 rings (SSSR count). The number of esters is 1. The van der Waals surface area contributed by atoms with E-state index in [4.69, 9.17) is 23.7 Å². The molecule has 1 aliphatic carbocycles. The van der Waals surface area contributed by atoms with Gasteiger partial charge in [-0.15, -0.1) is 0 Å². The molecule has 0 radical (unpaired) electrons. The third kappa shape index (κ3) is 13.0. The normalized spacial score (nSPS) is 36.8. The summed E-state index contributed by atoms with van der Waals surface area (Å²) in [7, 11) is 3.02. The number of rotatable bonds is 9. The van der Waals surface area contributed by atoms with Crippen molar-refractivity contribution in [2.24, 2.45) is 29.6 Å². The van der Waals surface area contributed by atoms with Gasteiger partial charge in [-0.3, -0.25) is 14.4 Å². The molecule has 66 heavy (non-hydrogen) atoms. The minimum Gasteiger partial charge on any atom is -0.456 e. The Morgan fingerprint density at radius 1 is 0.924 bits per heavy atom. The molecule has 3 aliphatic heterocycles. The third-order valence-electron chi connectivity index (χ3n) is 14.3. The van der Waals surface area contributed by atoms with E-state index in [9.17, 15) is 48.4 Å². The lowest BCUT2D eigenvalue weighted by molar-refractivity contribution is -0.302. The molecule has 370 valence electrons. The molecule has 1 aromatic rings. The van der Waals surface area contributed by atoms with Gasteiger partial charge in [-0.2, -0.15) is 0 Å². The van der Waals surface area contributed by atoms with Crippen LogP contribution in [0.5, 0.6) is 0 Å². The van der Waals surface area contributed by atoms with Crippen LogP contribution in [0.25, 0.3) is 0 Å². The Bertz CT molecular complexity index is 1890. The highest BCUT2D eigenvalue weighted by Gasteiger charge is 2.56. The van der Waals surface area contributed by atoms with Crippen molar-refractivity contribution in [3.63, 3.8) is 0 Å². The number of carbonyl (C=O) groups excluding carboxylic acids is 4. The number of benzene rings is 1. The van der Waals surface area contributed by atoms with Gasteiger partial charge in [0.25, 0.3) is 11.7 Å². The number of fused-ring (bicyclic) bond motifs is 3. The number of piperidine rings is 1. The van der Waals surface area contributed by atoms with Crippen LogP contribution in [0.15, 0.2) is 41.5 Å². The SMILES string of the molecule is CCC1C=C(C)CC(C)CC(OC)C2OC(O)(C(=O)C(=O)N3CCCCC3C(=O)OC(C(C)=CC3CCC(OCC(O)c4cc(F)cc(F)c4)C(O)C3)C(C)C(O)CC1=O)C(C)CC2OC. The Hall–Kier alpha value is -3.48. The maximum atomic E-state index is 14.4. The number of ether oxygens (including phenoxy) is 5. The number of ketones is 2. The van der Waals surface area contributed by atoms with Crippen LogP contribution in [0, 0.1) is 41.2 Å². The van der Waals surface area contributed by atoms with Crippen molar-refractivity contribution in [1.82, 2.24) is 4.90 Å². The number of Topliss-reactive ketones (excluding diaryl/α,β-unsaturated/α-hetero) is 2. The maximum Gasteiger partial charge on any atom is 0.329 e. The molecule has 3 fully saturated rings. The van der Waals surface area contributed by atoms with Gasteiger partial charge in [0.05, 0.1) is 37.1 Å². The van der Waals surface area contributed by atoms with Gasteiger partial charge >= 0.3 is 5.97 Å². The smallest absolute Gasteiger partial charge is 0.329 e. The summed E-state index contributed by atoms with van der Waals surface area (Å²) in [5.41, 5.74) is 1.49. The van der Waals surface area contributed by atoms with Gasteiger partial charge in [0.1, 0.15) is 41.8 Å². The number of hydrogen-bond acceptors (Lipinski definition) is 13. The summed E-state index contributed by atoms with van der Waals surface area (Å²) < 4.78 is 57.6. The Balaban J connectivity index is 1.43. The predicted molar refractivity (Wildman–Crippen MR) is 238 cm³/mol. The summed E-state index contributed by atoms with van der Waals surface area (Å²) in [5, 5.41) is 45.5. The number of aliphatic hydroxyl groups is 4. The number of allylic oxidation sites excluding steroid dienone is 3. The Morgan fingerprint density at radius 2 is 1.59 bits per heavy atom. The molecular weight excluding hydrogens is 861 g/mol. The van der Waals surface area contributed by atoms with E-state index in [0.29, 0.717) is 56.6 Å². The Kier molecular flexibility index (Phi) is 19.2.